The topological polar surface area (TPSA) is 52.7 Å². The van der Waals surface area contributed by atoms with Gasteiger partial charge in [-0.05, 0) is 51.7 Å². The van der Waals surface area contributed by atoms with Crippen LogP contribution in [0.5, 0.6) is 0 Å². The van der Waals surface area contributed by atoms with Crippen molar-refractivity contribution in [2.75, 3.05) is 38.5 Å². The zero-order valence-corrected chi connectivity index (χ0v) is 13.1. The van der Waals surface area contributed by atoms with Gasteiger partial charge in [0.1, 0.15) is 0 Å². The van der Waals surface area contributed by atoms with E-state index in [0.29, 0.717) is 11.8 Å². The first-order valence-electron chi connectivity index (χ1n) is 8.10. The summed E-state index contributed by atoms with van der Waals surface area (Å²) < 4.78 is 26.7. The minimum absolute atomic E-state index is 0.175. The molecule has 3 heterocycles. The van der Waals surface area contributed by atoms with Crippen molar-refractivity contribution < 1.29 is 8.42 Å². The summed E-state index contributed by atoms with van der Waals surface area (Å²) in [5, 5.41) is 3.29. The van der Waals surface area contributed by atoms with Gasteiger partial charge in [-0.15, -0.1) is 0 Å². The van der Waals surface area contributed by atoms with Crippen LogP contribution in [0.1, 0.15) is 38.5 Å². The molecular weight excluding hydrogens is 274 g/mol. The summed E-state index contributed by atoms with van der Waals surface area (Å²) in [6.07, 6.45) is 7.00. The lowest BCUT2D eigenvalue weighted by Crippen LogP contribution is -2.43. The minimum Gasteiger partial charge on any atom is -0.313 e. The molecule has 0 aromatic rings. The molecule has 1 N–H and O–H groups in total. The Bertz CT molecular complexity index is 414. The predicted octanol–water partition coefficient (Wildman–Crippen LogP) is 0.628. The molecule has 0 radical (unpaired) electrons. The Kier molecular flexibility index (Phi) is 4.65. The molecule has 0 aromatic heterocycles. The van der Waals surface area contributed by atoms with E-state index in [0.717, 1.165) is 52.0 Å². The Morgan fingerprint density at radius 3 is 2.50 bits per heavy atom. The summed E-state index contributed by atoms with van der Waals surface area (Å²) >= 11 is 0. The van der Waals surface area contributed by atoms with Gasteiger partial charge in [-0.25, -0.2) is 12.7 Å². The molecule has 3 saturated heterocycles. The summed E-state index contributed by atoms with van der Waals surface area (Å²) in [6, 6.07) is 0.635. The van der Waals surface area contributed by atoms with Gasteiger partial charge < -0.3 is 5.32 Å². The number of nitrogens with zero attached hydrogens (tertiary/aromatic N) is 2. The maximum Gasteiger partial charge on any atom is 0.215 e. The third kappa shape index (κ3) is 3.35. The Balaban J connectivity index is 1.55. The molecule has 0 saturated carbocycles. The highest BCUT2D eigenvalue weighted by molar-refractivity contribution is 7.89. The summed E-state index contributed by atoms with van der Waals surface area (Å²) in [5.74, 6) is 0.291. The second kappa shape index (κ2) is 6.30. The van der Waals surface area contributed by atoms with Crippen LogP contribution in [-0.4, -0.2) is 68.2 Å². The van der Waals surface area contributed by atoms with Crippen molar-refractivity contribution >= 4 is 10.0 Å². The largest absolute Gasteiger partial charge is 0.313 e. The molecule has 0 spiro atoms. The van der Waals surface area contributed by atoms with Crippen LogP contribution in [0.15, 0.2) is 0 Å². The molecule has 20 heavy (non-hydrogen) atoms. The fraction of sp³-hybridized carbons (Fsp3) is 1.00. The van der Waals surface area contributed by atoms with E-state index in [1.54, 1.807) is 4.31 Å². The fourth-order valence-corrected chi connectivity index (χ4v) is 5.59. The van der Waals surface area contributed by atoms with E-state index in [1.165, 1.54) is 19.3 Å². The van der Waals surface area contributed by atoms with E-state index in [-0.39, 0.29) is 6.04 Å². The molecule has 3 aliphatic rings. The molecular formula is C14H27N3O2S. The van der Waals surface area contributed by atoms with Crippen molar-refractivity contribution in [3.05, 3.63) is 0 Å². The fourth-order valence-electron chi connectivity index (χ4n) is 3.80. The first kappa shape index (κ1) is 14.8. The van der Waals surface area contributed by atoms with Gasteiger partial charge in [0.05, 0.1) is 5.75 Å². The van der Waals surface area contributed by atoms with Crippen LogP contribution in [0.4, 0.5) is 0 Å². The number of piperidine rings is 1. The Hall–Kier alpha value is -0.170. The van der Waals surface area contributed by atoms with Crippen LogP contribution < -0.4 is 5.32 Å². The molecule has 0 aliphatic carbocycles. The molecule has 116 valence electrons. The molecule has 3 fully saturated rings. The second-order valence-corrected chi connectivity index (χ2v) is 8.48. The standard InChI is InChI=1S/C14H27N3O2S/c18-20(19,12-13-5-4-7-15-13)17-10-6-14(11-17)16-8-2-1-3-9-16/h13-15H,1-12H2. The highest BCUT2D eigenvalue weighted by Crippen LogP contribution is 2.23. The molecule has 6 heteroatoms. The van der Waals surface area contributed by atoms with Crippen molar-refractivity contribution in [2.45, 2.75) is 50.6 Å². The van der Waals surface area contributed by atoms with Crippen molar-refractivity contribution in [2.24, 2.45) is 0 Å². The summed E-state index contributed by atoms with van der Waals surface area (Å²) in [6.45, 7) is 4.72. The van der Waals surface area contributed by atoms with Crippen LogP contribution in [0.25, 0.3) is 0 Å². The lowest BCUT2D eigenvalue weighted by atomic mass is 10.1. The Labute approximate surface area is 122 Å². The Morgan fingerprint density at radius 2 is 1.80 bits per heavy atom. The Morgan fingerprint density at radius 1 is 1.00 bits per heavy atom. The molecule has 2 atom stereocenters. The number of nitrogens with one attached hydrogen (secondary N) is 1. The monoisotopic (exact) mass is 301 g/mol. The van der Waals surface area contributed by atoms with Gasteiger partial charge in [-0.3, -0.25) is 4.90 Å². The van der Waals surface area contributed by atoms with Crippen molar-refractivity contribution in [1.29, 1.82) is 0 Å². The lowest BCUT2D eigenvalue weighted by Gasteiger charge is -2.32. The number of hydrogen-bond donors (Lipinski definition) is 1. The lowest BCUT2D eigenvalue weighted by molar-refractivity contribution is 0.169. The van der Waals surface area contributed by atoms with Crippen LogP contribution >= 0.6 is 0 Å². The van der Waals surface area contributed by atoms with Gasteiger partial charge in [0.25, 0.3) is 0 Å². The predicted molar refractivity (Wildman–Crippen MR) is 80.2 cm³/mol. The third-order valence-corrected chi connectivity index (χ3v) is 6.94. The summed E-state index contributed by atoms with van der Waals surface area (Å²) in [4.78, 5) is 2.51. The van der Waals surface area contributed by atoms with Crippen molar-refractivity contribution in [3.8, 4) is 0 Å². The first-order valence-corrected chi connectivity index (χ1v) is 9.71. The van der Waals surface area contributed by atoms with Gasteiger partial charge in [-0.1, -0.05) is 6.42 Å². The normalized spacial score (nSPS) is 33.8. The maximum atomic E-state index is 12.5. The van der Waals surface area contributed by atoms with Crippen LogP contribution in [-0.2, 0) is 10.0 Å². The van der Waals surface area contributed by atoms with E-state index in [2.05, 4.69) is 10.2 Å². The van der Waals surface area contributed by atoms with Crippen LogP contribution in [0.2, 0.25) is 0 Å². The minimum atomic E-state index is -3.07. The molecule has 5 nitrogen and oxygen atoms in total. The van der Waals surface area contributed by atoms with Gasteiger partial charge in [0.2, 0.25) is 10.0 Å². The van der Waals surface area contributed by atoms with Crippen LogP contribution in [0.3, 0.4) is 0 Å². The first-order chi connectivity index (χ1) is 9.65. The van der Waals surface area contributed by atoms with Gasteiger partial charge >= 0.3 is 0 Å². The van der Waals surface area contributed by atoms with Gasteiger partial charge in [0, 0.05) is 25.2 Å². The van der Waals surface area contributed by atoms with E-state index < -0.39 is 10.0 Å². The van der Waals surface area contributed by atoms with Crippen molar-refractivity contribution in [3.63, 3.8) is 0 Å². The molecule has 0 amide bonds. The zero-order chi connectivity index (χ0) is 14.0. The number of likely N-dealkylation sites (tertiary alicyclic amines) is 1. The van der Waals surface area contributed by atoms with E-state index >= 15 is 0 Å². The third-order valence-electron chi connectivity index (χ3n) is 5.00. The zero-order valence-electron chi connectivity index (χ0n) is 12.3. The molecule has 2 unspecified atom stereocenters. The van der Waals surface area contributed by atoms with Gasteiger partial charge in [0.15, 0.2) is 0 Å². The van der Waals surface area contributed by atoms with E-state index in [4.69, 9.17) is 0 Å². The molecule has 0 bridgehead atoms. The van der Waals surface area contributed by atoms with E-state index in [9.17, 15) is 8.42 Å². The smallest absolute Gasteiger partial charge is 0.215 e. The van der Waals surface area contributed by atoms with Crippen LogP contribution in [0, 0.1) is 0 Å². The highest BCUT2D eigenvalue weighted by Gasteiger charge is 2.36. The quantitative estimate of drug-likeness (QED) is 0.827. The van der Waals surface area contributed by atoms with E-state index in [1.807, 2.05) is 0 Å². The van der Waals surface area contributed by atoms with Gasteiger partial charge in [-0.2, -0.15) is 0 Å². The molecule has 3 rings (SSSR count). The number of sulfonamides is 1. The second-order valence-electron chi connectivity index (χ2n) is 6.47. The average Bonchev–Trinajstić information content (AvgIpc) is 3.10. The summed E-state index contributed by atoms with van der Waals surface area (Å²) in [5.41, 5.74) is 0. The molecule has 0 aromatic carbocycles. The average molecular weight is 301 g/mol. The highest BCUT2D eigenvalue weighted by atomic mass is 32.2. The maximum absolute atomic E-state index is 12.5. The molecule has 3 aliphatic heterocycles. The number of hydrogen-bond acceptors (Lipinski definition) is 4. The van der Waals surface area contributed by atoms with Crippen molar-refractivity contribution in [1.82, 2.24) is 14.5 Å². The number of rotatable bonds is 4. The summed E-state index contributed by atoms with van der Waals surface area (Å²) in [7, 11) is -3.07. The SMILES string of the molecule is O=S(=O)(CC1CCCN1)N1CCC(N2CCCCC2)C1.